The maximum absolute atomic E-state index is 11.9. The summed E-state index contributed by atoms with van der Waals surface area (Å²) >= 11 is 5.98. The molecule has 4 nitrogen and oxygen atoms in total. The number of phenols is 1. The minimum Gasteiger partial charge on any atom is -0.507 e. The molecule has 2 amide bonds. The third-order valence-corrected chi connectivity index (χ3v) is 4.28. The molecule has 3 rings (SSSR count). The fourth-order valence-electron chi connectivity index (χ4n) is 3.14. The SMILES string of the molecule is O=C1NC2(CCCCC2)c2c(O)cccc2N1Cl. The first-order valence-corrected chi connectivity index (χ1v) is 6.58. The lowest BCUT2D eigenvalue weighted by Gasteiger charge is -2.44. The number of aromatic hydroxyl groups is 1. The number of nitrogens with one attached hydrogen (secondary N) is 1. The molecule has 2 aliphatic rings. The molecule has 0 atom stereocenters. The Balaban J connectivity index is 2.18. The van der Waals surface area contributed by atoms with E-state index in [1.807, 2.05) is 0 Å². The van der Waals surface area contributed by atoms with Crippen molar-refractivity contribution in [1.82, 2.24) is 5.32 Å². The number of urea groups is 1. The van der Waals surface area contributed by atoms with E-state index >= 15 is 0 Å². The maximum Gasteiger partial charge on any atom is 0.337 e. The number of hydrogen-bond acceptors (Lipinski definition) is 2. The summed E-state index contributed by atoms with van der Waals surface area (Å²) in [5, 5.41) is 13.1. The number of anilines is 1. The minimum atomic E-state index is -0.443. The normalized spacial score (nSPS) is 21.6. The largest absolute Gasteiger partial charge is 0.507 e. The van der Waals surface area contributed by atoms with Gasteiger partial charge in [0, 0.05) is 17.3 Å². The average Bonchev–Trinajstić information content (AvgIpc) is 2.37. The second-order valence-electron chi connectivity index (χ2n) is 5.03. The Kier molecular flexibility index (Phi) is 2.63. The topological polar surface area (TPSA) is 52.6 Å². The minimum absolute atomic E-state index is 0.208. The monoisotopic (exact) mass is 266 g/mol. The third kappa shape index (κ3) is 1.56. The van der Waals surface area contributed by atoms with Crippen LogP contribution in [0.15, 0.2) is 18.2 Å². The summed E-state index contributed by atoms with van der Waals surface area (Å²) in [6.45, 7) is 0. The van der Waals surface area contributed by atoms with Crippen LogP contribution in [0.4, 0.5) is 10.5 Å². The molecule has 1 aliphatic carbocycles. The Morgan fingerprint density at radius 3 is 2.72 bits per heavy atom. The Hall–Kier alpha value is -1.42. The van der Waals surface area contributed by atoms with Crippen LogP contribution in [-0.2, 0) is 5.54 Å². The zero-order valence-corrected chi connectivity index (χ0v) is 10.7. The number of carbonyl (C=O) groups is 1. The number of fused-ring (bicyclic) bond motifs is 2. The lowest BCUT2D eigenvalue weighted by Crippen LogP contribution is -2.54. The van der Waals surface area contributed by atoms with Gasteiger partial charge in [-0.1, -0.05) is 25.3 Å². The number of phenolic OH excluding ortho intramolecular Hbond substituents is 1. The molecule has 1 aromatic carbocycles. The number of hydrogen-bond donors (Lipinski definition) is 2. The first-order valence-electron chi connectivity index (χ1n) is 6.25. The van der Waals surface area contributed by atoms with Crippen molar-refractivity contribution in [3.8, 4) is 5.75 Å². The van der Waals surface area contributed by atoms with Gasteiger partial charge in [-0.3, -0.25) is 0 Å². The highest BCUT2D eigenvalue weighted by molar-refractivity contribution is 6.37. The maximum atomic E-state index is 11.9. The summed E-state index contributed by atoms with van der Waals surface area (Å²) in [5.41, 5.74) is 0.920. The van der Waals surface area contributed by atoms with Crippen molar-refractivity contribution in [1.29, 1.82) is 0 Å². The predicted molar refractivity (Wildman–Crippen MR) is 69.7 cm³/mol. The van der Waals surface area contributed by atoms with Gasteiger partial charge in [-0.2, -0.15) is 0 Å². The summed E-state index contributed by atoms with van der Waals surface area (Å²) in [5.74, 6) is 0.208. The number of halogens is 1. The van der Waals surface area contributed by atoms with E-state index in [4.69, 9.17) is 11.8 Å². The van der Waals surface area contributed by atoms with Crippen LogP contribution < -0.4 is 9.74 Å². The van der Waals surface area contributed by atoms with Gasteiger partial charge in [-0.05, 0) is 25.0 Å². The number of nitrogens with zero attached hydrogens (tertiary/aromatic N) is 1. The highest BCUT2D eigenvalue weighted by Crippen LogP contribution is 2.48. The van der Waals surface area contributed by atoms with Gasteiger partial charge in [-0.25, -0.2) is 9.21 Å². The first-order chi connectivity index (χ1) is 8.64. The Morgan fingerprint density at radius 1 is 1.28 bits per heavy atom. The smallest absolute Gasteiger partial charge is 0.337 e. The van der Waals surface area contributed by atoms with Gasteiger partial charge in [-0.15, -0.1) is 0 Å². The van der Waals surface area contributed by atoms with E-state index in [0.717, 1.165) is 35.7 Å². The van der Waals surface area contributed by atoms with Gasteiger partial charge in [0.05, 0.1) is 11.2 Å². The Labute approximate surface area is 111 Å². The van der Waals surface area contributed by atoms with Crippen LogP contribution in [0.2, 0.25) is 0 Å². The molecule has 0 saturated heterocycles. The van der Waals surface area contributed by atoms with E-state index in [1.165, 1.54) is 6.42 Å². The van der Waals surface area contributed by atoms with Crippen molar-refractivity contribution < 1.29 is 9.90 Å². The molecule has 2 N–H and O–H groups in total. The molecular weight excluding hydrogens is 252 g/mol. The molecule has 1 heterocycles. The highest BCUT2D eigenvalue weighted by Gasteiger charge is 2.44. The van der Waals surface area contributed by atoms with E-state index in [1.54, 1.807) is 18.2 Å². The van der Waals surface area contributed by atoms with Crippen LogP contribution in [-0.4, -0.2) is 11.1 Å². The van der Waals surface area contributed by atoms with Crippen LogP contribution in [0.25, 0.3) is 0 Å². The molecule has 0 radical (unpaired) electrons. The van der Waals surface area contributed by atoms with E-state index in [0.29, 0.717) is 5.69 Å². The van der Waals surface area contributed by atoms with Crippen molar-refractivity contribution in [2.24, 2.45) is 0 Å². The van der Waals surface area contributed by atoms with Crippen molar-refractivity contribution in [3.05, 3.63) is 23.8 Å². The quantitative estimate of drug-likeness (QED) is 0.709. The van der Waals surface area contributed by atoms with Gasteiger partial charge in [0.2, 0.25) is 0 Å². The number of benzene rings is 1. The molecule has 1 spiro atoms. The van der Waals surface area contributed by atoms with Crippen molar-refractivity contribution in [3.63, 3.8) is 0 Å². The summed E-state index contributed by atoms with van der Waals surface area (Å²) in [6, 6.07) is 4.82. The van der Waals surface area contributed by atoms with Crippen molar-refractivity contribution in [2.45, 2.75) is 37.6 Å². The van der Waals surface area contributed by atoms with E-state index in [2.05, 4.69) is 5.32 Å². The number of rotatable bonds is 0. The Morgan fingerprint density at radius 2 is 2.00 bits per heavy atom. The third-order valence-electron chi connectivity index (χ3n) is 3.94. The predicted octanol–water partition coefficient (Wildman–Crippen LogP) is 3.24. The van der Waals surface area contributed by atoms with E-state index in [9.17, 15) is 9.90 Å². The highest BCUT2D eigenvalue weighted by atomic mass is 35.5. The lowest BCUT2D eigenvalue weighted by molar-refractivity contribution is 0.203. The van der Waals surface area contributed by atoms with Gasteiger partial charge in [0.1, 0.15) is 5.75 Å². The molecule has 1 fully saturated rings. The van der Waals surface area contributed by atoms with Gasteiger partial charge < -0.3 is 10.4 Å². The van der Waals surface area contributed by atoms with Gasteiger partial charge in [0.25, 0.3) is 0 Å². The van der Waals surface area contributed by atoms with E-state index < -0.39 is 5.54 Å². The van der Waals surface area contributed by atoms with Crippen LogP contribution in [0.5, 0.6) is 5.75 Å². The fraction of sp³-hybridized carbons (Fsp3) is 0.462. The molecular formula is C13H15ClN2O2. The average molecular weight is 267 g/mol. The summed E-state index contributed by atoms with van der Waals surface area (Å²) < 4.78 is 1.05. The zero-order valence-electron chi connectivity index (χ0n) is 9.95. The molecule has 0 bridgehead atoms. The second-order valence-corrected chi connectivity index (χ2v) is 5.36. The summed E-state index contributed by atoms with van der Waals surface area (Å²) in [7, 11) is 0. The van der Waals surface area contributed by atoms with Crippen LogP contribution >= 0.6 is 11.8 Å². The molecule has 1 saturated carbocycles. The molecule has 1 aliphatic heterocycles. The van der Waals surface area contributed by atoms with Crippen LogP contribution in [0, 0.1) is 0 Å². The van der Waals surface area contributed by atoms with E-state index in [-0.39, 0.29) is 11.8 Å². The van der Waals surface area contributed by atoms with Crippen molar-refractivity contribution in [2.75, 3.05) is 4.42 Å². The van der Waals surface area contributed by atoms with Crippen LogP contribution in [0.1, 0.15) is 37.7 Å². The van der Waals surface area contributed by atoms with Crippen LogP contribution in [0.3, 0.4) is 0 Å². The number of carbonyl (C=O) groups excluding carboxylic acids is 1. The van der Waals surface area contributed by atoms with Gasteiger partial charge in [0.15, 0.2) is 0 Å². The zero-order chi connectivity index (χ0) is 12.8. The molecule has 18 heavy (non-hydrogen) atoms. The molecule has 0 unspecified atom stereocenters. The van der Waals surface area contributed by atoms with Gasteiger partial charge >= 0.3 is 6.03 Å². The second kappa shape index (κ2) is 4.05. The summed E-state index contributed by atoms with van der Waals surface area (Å²) in [4.78, 5) is 11.9. The first kappa shape index (κ1) is 11.7. The summed E-state index contributed by atoms with van der Waals surface area (Å²) in [6.07, 6.45) is 4.99. The number of amides is 2. The van der Waals surface area contributed by atoms with Crippen molar-refractivity contribution >= 4 is 23.5 Å². The molecule has 96 valence electrons. The lowest BCUT2D eigenvalue weighted by atomic mass is 9.74. The molecule has 1 aromatic rings. The standard InChI is InChI=1S/C13H15ClN2O2/c14-16-9-5-4-6-10(17)11(9)13(15-12(16)18)7-2-1-3-8-13/h4-6,17H,1-3,7-8H2,(H,15,18). The fourth-order valence-corrected chi connectivity index (χ4v) is 3.32. The molecule has 0 aromatic heterocycles. The molecule has 5 heteroatoms. The Bertz CT molecular complexity index is 498.